The number of amides is 1. The normalized spacial score (nSPS) is 16.1. The van der Waals surface area contributed by atoms with E-state index >= 15 is 0 Å². The molecule has 178 valence electrons. The Morgan fingerprint density at radius 2 is 1.65 bits per heavy atom. The van der Waals surface area contributed by atoms with E-state index in [2.05, 4.69) is 25.8 Å². The highest BCUT2D eigenvalue weighted by atomic mass is 16.6. The Bertz CT molecular complexity index is 1260. The molecule has 0 saturated heterocycles. The van der Waals surface area contributed by atoms with Crippen LogP contribution in [0.5, 0.6) is 11.5 Å². The van der Waals surface area contributed by atoms with E-state index in [4.69, 9.17) is 9.47 Å². The number of H-pyrrole nitrogens is 1. The van der Waals surface area contributed by atoms with Gasteiger partial charge in [-0.05, 0) is 48.1 Å². The molecule has 2 aliphatic rings. The van der Waals surface area contributed by atoms with Gasteiger partial charge in [0.1, 0.15) is 13.2 Å². The third kappa shape index (κ3) is 4.41. The van der Waals surface area contributed by atoms with Crippen LogP contribution in [0.15, 0.2) is 47.3 Å². The zero-order chi connectivity index (χ0) is 23.9. The summed E-state index contributed by atoms with van der Waals surface area (Å²) in [6.45, 7) is 7.77. The number of hydrogen-bond donors (Lipinski definition) is 1. The van der Waals surface area contributed by atoms with Crippen LogP contribution in [-0.2, 0) is 12.0 Å². The number of fused-ring (bicyclic) bond motifs is 2. The number of nitrogens with one attached hydrogen (secondary N) is 1. The van der Waals surface area contributed by atoms with Crippen LogP contribution in [-0.4, -0.2) is 35.0 Å². The zero-order valence-corrected chi connectivity index (χ0v) is 20.1. The van der Waals surface area contributed by atoms with E-state index < -0.39 is 0 Å². The molecule has 6 heteroatoms. The van der Waals surface area contributed by atoms with Crippen molar-refractivity contribution in [2.45, 2.75) is 64.5 Å². The lowest BCUT2D eigenvalue weighted by molar-refractivity contribution is 0.0663. The average molecular weight is 461 g/mol. The first-order chi connectivity index (χ1) is 16.3. The molecule has 34 heavy (non-hydrogen) atoms. The van der Waals surface area contributed by atoms with Gasteiger partial charge in [-0.2, -0.15) is 0 Å². The molecule has 2 heterocycles. The highest BCUT2D eigenvalue weighted by Crippen LogP contribution is 2.34. The summed E-state index contributed by atoms with van der Waals surface area (Å²) < 4.78 is 11.4. The summed E-state index contributed by atoms with van der Waals surface area (Å²) in [7, 11) is 0. The molecule has 0 unspecified atom stereocenters. The number of aromatic amines is 1. The first-order valence-electron chi connectivity index (χ1n) is 12.2. The van der Waals surface area contributed by atoms with Crippen LogP contribution in [0.1, 0.15) is 67.9 Å². The molecule has 1 saturated carbocycles. The molecular weight excluding hydrogens is 428 g/mol. The topological polar surface area (TPSA) is 71.6 Å². The molecule has 1 amide bonds. The van der Waals surface area contributed by atoms with Gasteiger partial charge >= 0.3 is 0 Å². The molecule has 1 aliphatic heterocycles. The molecule has 1 N–H and O–H groups in total. The lowest BCUT2D eigenvalue weighted by Crippen LogP contribution is -2.39. The third-order valence-corrected chi connectivity index (χ3v) is 6.95. The molecule has 2 aromatic carbocycles. The van der Waals surface area contributed by atoms with Crippen molar-refractivity contribution >= 4 is 16.8 Å². The maximum Gasteiger partial charge on any atom is 0.254 e. The van der Waals surface area contributed by atoms with Gasteiger partial charge < -0.3 is 19.4 Å². The van der Waals surface area contributed by atoms with E-state index in [0.29, 0.717) is 41.4 Å². The standard InChI is InChI=1S/C28H32N2O4/c1-28(2,3)21-10-8-18(9-11-21)27(32)30(22-6-4-5-7-22)17-20-14-19-15-24-25(34-13-12-33-24)16-23(19)29-26(20)31/h8-11,14-16,22H,4-7,12-13,17H2,1-3H3,(H,29,31). The summed E-state index contributed by atoms with van der Waals surface area (Å²) in [6, 6.07) is 13.6. The number of aromatic nitrogens is 1. The van der Waals surface area contributed by atoms with E-state index in [9.17, 15) is 9.59 Å². The molecule has 0 bridgehead atoms. The van der Waals surface area contributed by atoms with Crippen LogP contribution < -0.4 is 15.0 Å². The summed E-state index contributed by atoms with van der Waals surface area (Å²) in [5.74, 6) is 1.30. The maximum absolute atomic E-state index is 13.6. The molecule has 1 fully saturated rings. The molecule has 1 aromatic heterocycles. The molecule has 3 aromatic rings. The second-order valence-corrected chi connectivity index (χ2v) is 10.4. The Morgan fingerprint density at radius 1 is 1.00 bits per heavy atom. The van der Waals surface area contributed by atoms with Crippen molar-refractivity contribution in [1.82, 2.24) is 9.88 Å². The SMILES string of the molecule is CC(C)(C)c1ccc(C(=O)N(Cc2cc3cc4c(cc3[nH]c2=O)OCCO4)C2CCCC2)cc1. The minimum Gasteiger partial charge on any atom is -0.486 e. The number of hydrogen-bond acceptors (Lipinski definition) is 4. The van der Waals surface area contributed by atoms with Crippen LogP contribution in [0.3, 0.4) is 0 Å². The van der Waals surface area contributed by atoms with Gasteiger partial charge in [0.05, 0.1) is 12.1 Å². The van der Waals surface area contributed by atoms with E-state index in [1.54, 1.807) is 0 Å². The van der Waals surface area contributed by atoms with Gasteiger partial charge in [-0.15, -0.1) is 0 Å². The number of carbonyl (C=O) groups is 1. The van der Waals surface area contributed by atoms with Crippen LogP contribution in [0.2, 0.25) is 0 Å². The number of rotatable bonds is 4. The number of nitrogens with zero attached hydrogens (tertiary/aromatic N) is 1. The fourth-order valence-corrected chi connectivity index (χ4v) is 4.95. The van der Waals surface area contributed by atoms with Gasteiger partial charge in [0.25, 0.3) is 11.5 Å². The van der Waals surface area contributed by atoms with Crippen molar-refractivity contribution < 1.29 is 14.3 Å². The van der Waals surface area contributed by atoms with Crippen molar-refractivity contribution in [2.24, 2.45) is 0 Å². The lowest BCUT2D eigenvalue weighted by atomic mass is 9.86. The predicted octanol–water partition coefficient (Wildman–Crippen LogP) is 5.18. The molecule has 1 aliphatic carbocycles. The summed E-state index contributed by atoms with van der Waals surface area (Å²) in [5.41, 5.74) is 2.99. The lowest BCUT2D eigenvalue weighted by Gasteiger charge is -2.29. The van der Waals surface area contributed by atoms with Crippen molar-refractivity contribution in [3.63, 3.8) is 0 Å². The largest absolute Gasteiger partial charge is 0.486 e. The summed E-state index contributed by atoms with van der Waals surface area (Å²) >= 11 is 0. The smallest absolute Gasteiger partial charge is 0.254 e. The van der Waals surface area contributed by atoms with Crippen LogP contribution >= 0.6 is 0 Å². The molecule has 0 radical (unpaired) electrons. The summed E-state index contributed by atoms with van der Waals surface area (Å²) in [4.78, 5) is 31.5. The summed E-state index contributed by atoms with van der Waals surface area (Å²) in [5, 5.41) is 0.868. The minimum absolute atomic E-state index is 0.0194. The molecular formula is C28H32N2O4. The highest BCUT2D eigenvalue weighted by Gasteiger charge is 2.29. The van der Waals surface area contributed by atoms with Gasteiger partial charge in [0.2, 0.25) is 0 Å². The Hall–Kier alpha value is -3.28. The van der Waals surface area contributed by atoms with E-state index in [1.807, 2.05) is 47.4 Å². The monoisotopic (exact) mass is 460 g/mol. The van der Waals surface area contributed by atoms with Crippen LogP contribution in [0, 0.1) is 0 Å². The van der Waals surface area contributed by atoms with E-state index in [0.717, 1.165) is 31.1 Å². The Balaban J connectivity index is 1.47. The maximum atomic E-state index is 13.6. The molecule has 0 spiro atoms. The Morgan fingerprint density at radius 3 is 2.29 bits per heavy atom. The van der Waals surface area contributed by atoms with Crippen LogP contribution in [0.4, 0.5) is 0 Å². The Kier molecular flexibility index (Phi) is 5.84. The van der Waals surface area contributed by atoms with Gasteiger partial charge in [0.15, 0.2) is 11.5 Å². The Labute approximate surface area is 199 Å². The minimum atomic E-state index is -0.178. The fraction of sp³-hybridized carbons (Fsp3) is 0.429. The second kappa shape index (κ2) is 8.82. The third-order valence-electron chi connectivity index (χ3n) is 6.95. The first-order valence-corrected chi connectivity index (χ1v) is 12.2. The van der Waals surface area contributed by atoms with Crippen molar-refractivity contribution in [3.8, 4) is 11.5 Å². The fourth-order valence-electron chi connectivity index (χ4n) is 4.95. The van der Waals surface area contributed by atoms with Gasteiger partial charge in [0, 0.05) is 28.6 Å². The summed E-state index contributed by atoms with van der Waals surface area (Å²) in [6.07, 6.45) is 4.15. The van der Waals surface area contributed by atoms with E-state index in [1.165, 1.54) is 5.56 Å². The molecule has 6 nitrogen and oxygen atoms in total. The quantitative estimate of drug-likeness (QED) is 0.582. The van der Waals surface area contributed by atoms with Crippen molar-refractivity contribution in [3.05, 3.63) is 69.5 Å². The molecule has 0 atom stereocenters. The van der Waals surface area contributed by atoms with Gasteiger partial charge in [-0.25, -0.2) is 0 Å². The van der Waals surface area contributed by atoms with Gasteiger partial charge in [-0.1, -0.05) is 45.7 Å². The number of pyridine rings is 1. The van der Waals surface area contributed by atoms with Crippen molar-refractivity contribution in [2.75, 3.05) is 13.2 Å². The van der Waals surface area contributed by atoms with E-state index in [-0.39, 0.29) is 29.5 Å². The van der Waals surface area contributed by atoms with Crippen molar-refractivity contribution in [1.29, 1.82) is 0 Å². The number of benzene rings is 2. The first kappa shape index (κ1) is 22.5. The highest BCUT2D eigenvalue weighted by molar-refractivity contribution is 5.94. The molecule has 5 rings (SSSR count). The second-order valence-electron chi connectivity index (χ2n) is 10.4. The van der Waals surface area contributed by atoms with Gasteiger partial charge in [-0.3, -0.25) is 9.59 Å². The number of ether oxygens (including phenoxy) is 2. The predicted molar refractivity (Wildman–Crippen MR) is 133 cm³/mol. The number of carbonyl (C=O) groups excluding carboxylic acids is 1. The zero-order valence-electron chi connectivity index (χ0n) is 20.1. The van der Waals surface area contributed by atoms with Crippen LogP contribution in [0.25, 0.3) is 10.9 Å². The average Bonchev–Trinajstić information content (AvgIpc) is 3.35.